The standard InChI is InChI=1S/C18H28N2O2/c1-3-22-17-9-6-15(7-10-17)8-11-18(21)20-12-4-5-16(14-20)13-19-2/h6-7,9-10,16,19H,3-5,8,11-14H2,1-2H3. The second-order valence-corrected chi connectivity index (χ2v) is 5.98. The Bertz CT molecular complexity index is 457. The van der Waals surface area contributed by atoms with Gasteiger partial charge in [-0.15, -0.1) is 0 Å². The molecule has 1 aliphatic heterocycles. The molecule has 1 aliphatic rings. The van der Waals surface area contributed by atoms with Crippen LogP contribution in [0.1, 0.15) is 31.7 Å². The zero-order valence-electron chi connectivity index (χ0n) is 13.8. The molecule has 1 heterocycles. The molecule has 1 amide bonds. The number of hydrogen-bond donors (Lipinski definition) is 1. The zero-order valence-corrected chi connectivity index (χ0v) is 13.8. The molecule has 0 aliphatic carbocycles. The van der Waals surface area contributed by atoms with Gasteiger partial charge in [0.1, 0.15) is 5.75 Å². The lowest BCUT2D eigenvalue weighted by Gasteiger charge is -2.32. The third-order valence-corrected chi connectivity index (χ3v) is 4.23. The largest absolute Gasteiger partial charge is 0.494 e. The first-order valence-corrected chi connectivity index (χ1v) is 8.37. The van der Waals surface area contributed by atoms with Gasteiger partial charge in [-0.3, -0.25) is 4.79 Å². The van der Waals surface area contributed by atoms with Gasteiger partial charge in [0.05, 0.1) is 6.61 Å². The number of carbonyl (C=O) groups excluding carboxylic acids is 1. The molecule has 1 fully saturated rings. The predicted molar refractivity (Wildman–Crippen MR) is 89.2 cm³/mol. The lowest BCUT2D eigenvalue weighted by Crippen LogP contribution is -2.42. The smallest absolute Gasteiger partial charge is 0.222 e. The van der Waals surface area contributed by atoms with Crippen LogP contribution >= 0.6 is 0 Å². The van der Waals surface area contributed by atoms with E-state index in [1.807, 2.05) is 31.0 Å². The number of nitrogens with one attached hydrogen (secondary N) is 1. The van der Waals surface area contributed by atoms with Crippen LogP contribution in [0.2, 0.25) is 0 Å². The summed E-state index contributed by atoms with van der Waals surface area (Å²) < 4.78 is 5.44. The van der Waals surface area contributed by atoms with Gasteiger partial charge in [-0.2, -0.15) is 0 Å². The Morgan fingerprint density at radius 3 is 2.82 bits per heavy atom. The summed E-state index contributed by atoms with van der Waals surface area (Å²) in [6.45, 7) is 5.49. The number of likely N-dealkylation sites (tertiary alicyclic amines) is 1. The minimum absolute atomic E-state index is 0.287. The van der Waals surface area contributed by atoms with Crippen molar-refractivity contribution in [1.82, 2.24) is 10.2 Å². The van der Waals surface area contributed by atoms with E-state index in [-0.39, 0.29) is 5.91 Å². The summed E-state index contributed by atoms with van der Waals surface area (Å²) in [5.74, 6) is 1.78. The molecule has 122 valence electrons. The Balaban J connectivity index is 1.79. The van der Waals surface area contributed by atoms with Crippen molar-refractivity contribution in [3.63, 3.8) is 0 Å². The number of hydrogen-bond acceptors (Lipinski definition) is 3. The molecule has 1 aromatic rings. The van der Waals surface area contributed by atoms with Gasteiger partial charge in [0.15, 0.2) is 0 Å². The third-order valence-electron chi connectivity index (χ3n) is 4.23. The van der Waals surface area contributed by atoms with E-state index in [9.17, 15) is 4.79 Å². The van der Waals surface area contributed by atoms with Crippen molar-refractivity contribution < 1.29 is 9.53 Å². The predicted octanol–water partition coefficient (Wildman–Crippen LogP) is 2.48. The molecule has 1 atom stereocenters. The highest BCUT2D eigenvalue weighted by atomic mass is 16.5. The molecule has 4 heteroatoms. The average Bonchev–Trinajstić information content (AvgIpc) is 2.55. The molecule has 1 N–H and O–H groups in total. The van der Waals surface area contributed by atoms with Crippen LogP contribution in [0.4, 0.5) is 0 Å². The molecule has 1 saturated heterocycles. The van der Waals surface area contributed by atoms with Crippen molar-refractivity contribution in [2.45, 2.75) is 32.6 Å². The second-order valence-electron chi connectivity index (χ2n) is 5.98. The van der Waals surface area contributed by atoms with Gasteiger partial charge in [-0.25, -0.2) is 0 Å². The topological polar surface area (TPSA) is 41.6 Å². The summed E-state index contributed by atoms with van der Waals surface area (Å²) in [4.78, 5) is 14.4. The maximum atomic E-state index is 12.4. The molecule has 0 saturated carbocycles. The highest BCUT2D eigenvalue weighted by molar-refractivity contribution is 5.76. The lowest BCUT2D eigenvalue weighted by atomic mass is 9.97. The van der Waals surface area contributed by atoms with Crippen molar-refractivity contribution in [3.05, 3.63) is 29.8 Å². The highest BCUT2D eigenvalue weighted by Crippen LogP contribution is 2.18. The van der Waals surface area contributed by atoms with E-state index in [2.05, 4.69) is 17.4 Å². The first kappa shape index (κ1) is 16.8. The van der Waals surface area contributed by atoms with Crippen LogP contribution in [0.25, 0.3) is 0 Å². The summed E-state index contributed by atoms with van der Waals surface area (Å²) in [5, 5.41) is 3.22. The number of rotatable bonds is 7. The van der Waals surface area contributed by atoms with Crippen LogP contribution in [0.5, 0.6) is 5.75 Å². The maximum Gasteiger partial charge on any atom is 0.222 e. The fraction of sp³-hybridized carbons (Fsp3) is 0.611. The van der Waals surface area contributed by atoms with Crippen LogP contribution in [0, 0.1) is 5.92 Å². The number of benzene rings is 1. The molecule has 22 heavy (non-hydrogen) atoms. The molecule has 2 rings (SSSR count). The Labute approximate surface area is 133 Å². The summed E-state index contributed by atoms with van der Waals surface area (Å²) in [6, 6.07) is 8.07. The molecule has 0 bridgehead atoms. The minimum Gasteiger partial charge on any atom is -0.494 e. The van der Waals surface area contributed by atoms with Gasteiger partial charge in [0.25, 0.3) is 0 Å². The Morgan fingerprint density at radius 1 is 1.36 bits per heavy atom. The molecule has 0 aromatic heterocycles. The number of aryl methyl sites for hydroxylation is 1. The molecular formula is C18H28N2O2. The SMILES string of the molecule is CCOc1ccc(CCC(=O)N2CCCC(CNC)C2)cc1. The van der Waals surface area contributed by atoms with Crippen molar-refractivity contribution in [3.8, 4) is 5.75 Å². The number of carbonyl (C=O) groups is 1. The molecule has 0 radical (unpaired) electrons. The fourth-order valence-electron chi connectivity index (χ4n) is 3.08. The third kappa shape index (κ3) is 5.02. The van der Waals surface area contributed by atoms with Crippen molar-refractivity contribution in [2.24, 2.45) is 5.92 Å². The van der Waals surface area contributed by atoms with Crippen LogP contribution in [0.3, 0.4) is 0 Å². The molecule has 4 nitrogen and oxygen atoms in total. The quantitative estimate of drug-likeness (QED) is 0.841. The van der Waals surface area contributed by atoms with Crippen molar-refractivity contribution in [2.75, 3.05) is 33.3 Å². The van der Waals surface area contributed by atoms with Crippen LogP contribution in [-0.4, -0.2) is 44.1 Å². The minimum atomic E-state index is 0.287. The summed E-state index contributed by atoms with van der Waals surface area (Å²) in [6.07, 6.45) is 3.75. The maximum absolute atomic E-state index is 12.4. The normalized spacial score (nSPS) is 18.3. The van der Waals surface area contributed by atoms with E-state index in [0.717, 1.165) is 38.2 Å². The Hall–Kier alpha value is -1.55. The van der Waals surface area contributed by atoms with Crippen LogP contribution in [0.15, 0.2) is 24.3 Å². The summed E-state index contributed by atoms with van der Waals surface area (Å²) >= 11 is 0. The highest BCUT2D eigenvalue weighted by Gasteiger charge is 2.22. The fourth-order valence-corrected chi connectivity index (χ4v) is 3.08. The van der Waals surface area contributed by atoms with Crippen LogP contribution < -0.4 is 10.1 Å². The van der Waals surface area contributed by atoms with Gasteiger partial charge < -0.3 is 15.0 Å². The van der Waals surface area contributed by atoms with E-state index in [4.69, 9.17) is 4.74 Å². The van der Waals surface area contributed by atoms with E-state index in [1.165, 1.54) is 12.0 Å². The van der Waals surface area contributed by atoms with Gasteiger partial charge >= 0.3 is 0 Å². The molecule has 1 unspecified atom stereocenters. The van der Waals surface area contributed by atoms with Crippen LogP contribution in [-0.2, 0) is 11.2 Å². The van der Waals surface area contributed by atoms with E-state index < -0.39 is 0 Å². The second kappa shape index (κ2) is 8.79. The number of nitrogens with zero attached hydrogens (tertiary/aromatic N) is 1. The van der Waals surface area contributed by atoms with Crippen molar-refractivity contribution in [1.29, 1.82) is 0 Å². The van der Waals surface area contributed by atoms with Gasteiger partial charge in [0, 0.05) is 19.5 Å². The Morgan fingerprint density at radius 2 is 2.14 bits per heavy atom. The number of amides is 1. The molecule has 1 aromatic carbocycles. The molecule has 0 spiro atoms. The Kier molecular flexibility index (Phi) is 6.72. The van der Waals surface area contributed by atoms with E-state index >= 15 is 0 Å². The first-order chi connectivity index (χ1) is 10.7. The van der Waals surface area contributed by atoms with Gasteiger partial charge in [0.2, 0.25) is 5.91 Å². The monoisotopic (exact) mass is 304 g/mol. The lowest BCUT2D eigenvalue weighted by molar-refractivity contribution is -0.132. The van der Waals surface area contributed by atoms with Gasteiger partial charge in [-0.1, -0.05) is 12.1 Å². The first-order valence-electron chi connectivity index (χ1n) is 8.37. The summed E-state index contributed by atoms with van der Waals surface area (Å²) in [5.41, 5.74) is 1.19. The zero-order chi connectivity index (χ0) is 15.8. The molecular weight excluding hydrogens is 276 g/mol. The van der Waals surface area contributed by atoms with E-state index in [0.29, 0.717) is 18.9 Å². The summed E-state index contributed by atoms with van der Waals surface area (Å²) in [7, 11) is 1.98. The average molecular weight is 304 g/mol. The van der Waals surface area contributed by atoms with Gasteiger partial charge in [-0.05, 0) is 63.4 Å². The van der Waals surface area contributed by atoms with E-state index in [1.54, 1.807) is 0 Å². The number of piperidine rings is 1. The van der Waals surface area contributed by atoms with Crippen molar-refractivity contribution >= 4 is 5.91 Å². The number of ether oxygens (including phenoxy) is 1.